The molecule has 3 aromatic carbocycles. The lowest BCUT2D eigenvalue weighted by atomic mass is 10.1. The van der Waals surface area contributed by atoms with Gasteiger partial charge in [0.1, 0.15) is 11.5 Å². The van der Waals surface area contributed by atoms with Crippen molar-refractivity contribution in [2.45, 2.75) is 25.8 Å². The molecular formula is C28H36N4O4. The Morgan fingerprint density at radius 2 is 1.50 bits per heavy atom. The molecule has 0 aromatic heterocycles. The van der Waals surface area contributed by atoms with Gasteiger partial charge in [-0.2, -0.15) is 0 Å². The van der Waals surface area contributed by atoms with E-state index in [2.05, 4.69) is 10.7 Å². The second-order valence-corrected chi connectivity index (χ2v) is 8.80. The number of carbonyl (C=O) groups is 1. The smallest absolute Gasteiger partial charge is 0.410 e. The van der Waals surface area contributed by atoms with E-state index in [0.717, 1.165) is 28.1 Å². The van der Waals surface area contributed by atoms with E-state index >= 15 is 0 Å². The summed E-state index contributed by atoms with van der Waals surface area (Å²) in [7, 11) is 9.47. The van der Waals surface area contributed by atoms with Crippen molar-refractivity contribution in [3.05, 3.63) is 89.5 Å². The summed E-state index contributed by atoms with van der Waals surface area (Å²) in [6.45, 7) is 1.00. The molecule has 0 bridgehead atoms. The number of carbonyl (C=O) groups excluding carboxylic acids is 1. The zero-order chi connectivity index (χ0) is 25.9. The van der Waals surface area contributed by atoms with Gasteiger partial charge in [-0.25, -0.2) is 4.79 Å². The molecule has 3 aromatic rings. The van der Waals surface area contributed by atoms with Crippen LogP contribution < -0.4 is 25.1 Å². The third kappa shape index (κ3) is 8.79. The maximum Gasteiger partial charge on any atom is 0.410 e. The van der Waals surface area contributed by atoms with Crippen molar-refractivity contribution >= 4 is 11.8 Å². The molecule has 0 fully saturated rings. The number of alkyl carbamates (subject to hydrolysis) is 1. The summed E-state index contributed by atoms with van der Waals surface area (Å²) in [4.78, 5) is 14.7. The molecule has 1 unspecified atom stereocenters. The first-order valence-electron chi connectivity index (χ1n) is 11.8. The number of methoxy groups -OCH3 is 1. The van der Waals surface area contributed by atoms with E-state index in [0.29, 0.717) is 25.3 Å². The summed E-state index contributed by atoms with van der Waals surface area (Å²) in [5, 5.41) is 4.71. The minimum absolute atomic E-state index is 0.351. The largest absolute Gasteiger partial charge is 0.497 e. The first kappa shape index (κ1) is 26.8. The van der Waals surface area contributed by atoms with Crippen molar-refractivity contribution in [3.8, 4) is 11.5 Å². The lowest BCUT2D eigenvalue weighted by Crippen LogP contribution is -2.33. The number of rotatable bonds is 12. The van der Waals surface area contributed by atoms with Crippen LogP contribution in [0.2, 0.25) is 0 Å². The molecule has 0 aliphatic carbocycles. The average molecular weight is 493 g/mol. The molecule has 1 amide bonds. The fraction of sp³-hybridized carbons (Fsp3) is 0.321. The molecule has 0 radical (unpaired) electrons. The second kappa shape index (κ2) is 13.4. The third-order valence-electron chi connectivity index (χ3n) is 5.43. The molecule has 192 valence electrons. The van der Waals surface area contributed by atoms with Crippen LogP contribution in [0.3, 0.4) is 0 Å². The maximum atomic E-state index is 12.7. The lowest BCUT2D eigenvalue weighted by molar-refractivity contribution is -0.0314. The number of nitrogens with one attached hydrogen (secondary N) is 2. The van der Waals surface area contributed by atoms with Crippen LogP contribution in [0, 0.1) is 0 Å². The summed E-state index contributed by atoms with van der Waals surface area (Å²) in [5.74, 6) is 1.35. The molecule has 0 heterocycles. The van der Waals surface area contributed by atoms with Gasteiger partial charge in [0, 0.05) is 53.4 Å². The summed E-state index contributed by atoms with van der Waals surface area (Å²) < 4.78 is 17.2. The highest BCUT2D eigenvalue weighted by Crippen LogP contribution is 2.20. The van der Waals surface area contributed by atoms with E-state index in [9.17, 15) is 4.79 Å². The number of nitrogens with zero attached hydrogens (tertiary/aromatic N) is 2. The molecule has 3 rings (SSSR count). The van der Waals surface area contributed by atoms with Crippen molar-refractivity contribution in [1.82, 2.24) is 15.8 Å². The zero-order valence-corrected chi connectivity index (χ0v) is 21.7. The zero-order valence-electron chi connectivity index (χ0n) is 21.7. The number of hydrogen-bond acceptors (Lipinski definition) is 7. The van der Waals surface area contributed by atoms with Crippen molar-refractivity contribution in [1.29, 1.82) is 0 Å². The minimum atomic E-state index is -0.828. The number of benzene rings is 3. The number of amides is 1. The molecule has 2 N–H and O–H groups in total. The van der Waals surface area contributed by atoms with Crippen LogP contribution in [0.5, 0.6) is 11.5 Å². The van der Waals surface area contributed by atoms with Crippen LogP contribution in [0.15, 0.2) is 72.8 Å². The van der Waals surface area contributed by atoms with Crippen LogP contribution in [-0.2, 0) is 24.2 Å². The molecule has 8 heteroatoms. The molecule has 1 atom stereocenters. The fourth-order valence-electron chi connectivity index (χ4n) is 3.48. The summed E-state index contributed by atoms with van der Waals surface area (Å²) in [6, 6.07) is 23.3. The Labute approximate surface area is 213 Å². The number of ether oxygens (including phenoxy) is 3. The van der Waals surface area contributed by atoms with Gasteiger partial charge in [0.2, 0.25) is 6.29 Å². The van der Waals surface area contributed by atoms with E-state index < -0.39 is 12.4 Å². The molecule has 0 spiro atoms. The Morgan fingerprint density at radius 1 is 0.833 bits per heavy atom. The monoisotopic (exact) mass is 492 g/mol. The molecule has 36 heavy (non-hydrogen) atoms. The van der Waals surface area contributed by atoms with Crippen molar-refractivity contribution in [2.75, 3.05) is 40.2 Å². The normalized spacial score (nSPS) is 11.6. The Hall–Kier alpha value is -3.75. The van der Waals surface area contributed by atoms with E-state index in [4.69, 9.17) is 14.2 Å². The minimum Gasteiger partial charge on any atom is -0.497 e. The topological polar surface area (TPSA) is 75.3 Å². The molecule has 0 aliphatic heterocycles. The maximum absolute atomic E-state index is 12.7. The Kier molecular flexibility index (Phi) is 9.97. The first-order valence-corrected chi connectivity index (χ1v) is 11.8. The standard InChI is InChI=1S/C28H36N4O4/c1-31(2)24-14-12-21(13-15-24)19-29-28(33)36-27(18-22-8-6-10-25(16-22)34-5)35-26-11-7-9-23(17-26)20-30-32(3)4/h6-17,27,30H,18-20H2,1-5H3,(H,29,33). The van der Waals surface area contributed by atoms with Crippen molar-refractivity contribution in [3.63, 3.8) is 0 Å². The van der Waals surface area contributed by atoms with Gasteiger partial charge in [-0.15, -0.1) is 0 Å². The predicted molar refractivity (Wildman–Crippen MR) is 142 cm³/mol. The van der Waals surface area contributed by atoms with Crippen LogP contribution in [0.25, 0.3) is 0 Å². The van der Waals surface area contributed by atoms with Gasteiger partial charge in [-0.3, -0.25) is 10.4 Å². The van der Waals surface area contributed by atoms with Crippen LogP contribution in [0.1, 0.15) is 16.7 Å². The predicted octanol–water partition coefficient (Wildman–Crippen LogP) is 4.20. The summed E-state index contributed by atoms with van der Waals surface area (Å²) >= 11 is 0. The molecular weight excluding hydrogens is 456 g/mol. The number of hydrazine groups is 1. The van der Waals surface area contributed by atoms with Gasteiger partial charge in [0.25, 0.3) is 0 Å². The molecule has 0 saturated heterocycles. The Morgan fingerprint density at radius 3 is 2.17 bits per heavy atom. The molecule has 0 saturated carbocycles. The van der Waals surface area contributed by atoms with Gasteiger partial charge in [-0.05, 0) is 53.1 Å². The van der Waals surface area contributed by atoms with E-state index in [1.165, 1.54) is 0 Å². The summed E-state index contributed by atoms with van der Waals surface area (Å²) in [5.41, 5.74) is 7.28. The lowest BCUT2D eigenvalue weighted by Gasteiger charge is -2.21. The quantitative estimate of drug-likeness (QED) is 0.290. The van der Waals surface area contributed by atoms with Crippen LogP contribution in [0.4, 0.5) is 10.5 Å². The highest BCUT2D eigenvalue weighted by atomic mass is 16.7. The Balaban J connectivity index is 1.67. The average Bonchev–Trinajstić information content (AvgIpc) is 2.86. The van der Waals surface area contributed by atoms with E-state index in [1.807, 2.05) is 111 Å². The second-order valence-electron chi connectivity index (χ2n) is 8.80. The van der Waals surface area contributed by atoms with Gasteiger partial charge >= 0.3 is 6.09 Å². The SMILES string of the molecule is COc1cccc(CC(OC(=O)NCc2ccc(N(C)C)cc2)Oc2cccc(CNN(C)C)c2)c1. The van der Waals surface area contributed by atoms with Gasteiger partial charge < -0.3 is 24.4 Å². The molecule has 8 nitrogen and oxygen atoms in total. The third-order valence-corrected chi connectivity index (χ3v) is 5.43. The highest BCUT2D eigenvalue weighted by molar-refractivity contribution is 5.67. The van der Waals surface area contributed by atoms with E-state index in [1.54, 1.807) is 7.11 Å². The van der Waals surface area contributed by atoms with Crippen molar-refractivity contribution < 1.29 is 19.0 Å². The van der Waals surface area contributed by atoms with E-state index in [-0.39, 0.29) is 0 Å². The number of hydrogen-bond donors (Lipinski definition) is 2. The van der Waals surface area contributed by atoms with Gasteiger partial charge in [-0.1, -0.05) is 36.4 Å². The highest BCUT2D eigenvalue weighted by Gasteiger charge is 2.18. The number of anilines is 1. The van der Waals surface area contributed by atoms with Gasteiger partial charge in [0.15, 0.2) is 0 Å². The Bertz CT molecular complexity index is 1100. The van der Waals surface area contributed by atoms with Crippen molar-refractivity contribution in [2.24, 2.45) is 0 Å². The molecule has 0 aliphatic rings. The van der Waals surface area contributed by atoms with Gasteiger partial charge in [0.05, 0.1) is 7.11 Å². The van der Waals surface area contributed by atoms with Crippen LogP contribution >= 0.6 is 0 Å². The van der Waals surface area contributed by atoms with Crippen LogP contribution in [-0.4, -0.2) is 52.7 Å². The summed E-state index contributed by atoms with van der Waals surface area (Å²) in [6.07, 6.45) is -1.02. The fourth-order valence-corrected chi connectivity index (χ4v) is 3.48. The first-order chi connectivity index (χ1) is 17.3.